The molecule has 5 nitrogen and oxygen atoms in total. The lowest BCUT2D eigenvalue weighted by atomic mass is 10.1. The van der Waals surface area contributed by atoms with Crippen molar-refractivity contribution in [1.82, 2.24) is 5.32 Å². The van der Waals surface area contributed by atoms with E-state index in [2.05, 4.69) is 5.32 Å². The third-order valence-electron chi connectivity index (χ3n) is 2.94. The smallest absolute Gasteiger partial charge is 0.239 e. The van der Waals surface area contributed by atoms with Gasteiger partial charge in [-0.2, -0.15) is 5.26 Å². The molecular formula is C13H16N4O. The number of hydrogen-bond donors (Lipinski definition) is 2. The molecule has 1 aromatic rings. The highest BCUT2D eigenvalue weighted by atomic mass is 16.2. The van der Waals surface area contributed by atoms with E-state index >= 15 is 0 Å². The average molecular weight is 244 g/mol. The Morgan fingerprint density at radius 3 is 2.94 bits per heavy atom. The normalized spacial score (nSPS) is 13.8. The molecular weight excluding hydrogens is 228 g/mol. The fourth-order valence-electron chi connectivity index (χ4n) is 1.78. The molecule has 1 aromatic carbocycles. The number of likely N-dealkylation sites (N-methyl/N-ethyl adjacent to an activating group) is 1. The summed E-state index contributed by atoms with van der Waals surface area (Å²) >= 11 is 0. The molecule has 0 atom stereocenters. The number of nitrogen functional groups attached to an aromatic ring is 1. The first-order valence-corrected chi connectivity index (χ1v) is 5.91. The van der Waals surface area contributed by atoms with E-state index in [0.717, 1.165) is 12.8 Å². The minimum atomic E-state index is -0.0123. The lowest BCUT2D eigenvalue weighted by molar-refractivity contribution is -0.119. The van der Waals surface area contributed by atoms with E-state index in [0.29, 0.717) is 23.0 Å². The molecule has 0 spiro atoms. The lowest BCUT2D eigenvalue weighted by Gasteiger charge is -2.20. The first-order chi connectivity index (χ1) is 8.61. The second kappa shape index (κ2) is 4.96. The molecule has 1 fully saturated rings. The number of carbonyl (C=O) groups is 1. The van der Waals surface area contributed by atoms with Crippen molar-refractivity contribution in [2.75, 3.05) is 24.2 Å². The van der Waals surface area contributed by atoms with Gasteiger partial charge in [-0.05, 0) is 25.0 Å². The largest absolute Gasteiger partial charge is 0.396 e. The van der Waals surface area contributed by atoms with Crippen molar-refractivity contribution in [3.63, 3.8) is 0 Å². The molecule has 1 saturated carbocycles. The van der Waals surface area contributed by atoms with Crippen LogP contribution in [0, 0.1) is 11.3 Å². The monoisotopic (exact) mass is 244 g/mol. The molecule has 1 aliphatic carbocycles. The predicted octanol–water partition coefficient (Wildman–Crippen LogP) is 0.855. The molecule has 0 bridgehead atoms. The van der Waals surface area contributed by atoms with Crippen molar-refractivity contribution in [1.29, 1.82) is 5.26 Å². The lowest BCUT2D eigenvalue weighted by Crippen LogP contribution is -2.36. The number of amides is 1. The fourth-order valence-corrected chi connectivity index (χ4v) is 1.78. The molecule has 5 heteroatoms. The van der Waals surface area contributed by atoms with Gasteiger partial charge in [0.25, 0.3) is 0 Å². The topological polar surface area (TPSA) is 82.2 Å². The number of nitrogens with one attached hydrogen (secondary N) is 1. The Labute approximate surface area is 106 Å². The van der Waals surface area contributed by atoms with Gasteiger partial charge in [-0.1, -0.05) is 6.07 Å². The second-order valence-electron chi connectivity index (χ2n) is 4.55. The summed E-state index contributed by atoms with van der Waals surface area (Å²) in [5.74, 6) is -0.0123. The Morgan fingerprint density at radius 1 is 1.61 bits per heavy atom. The summed E-state index contributed by atoms with van der Waals surface area (Å²) in [5.41, 5.74) is 7.45. The number of nitriles is 1. The van der Waals surface area contributed by atoms with E-state index in [1.807, 2.05) is 6.07 Å². The van der Waals surface area contributed by atoms with Gasteiger partial charge in [0, 0.05) is 13.1 Å². The molecule has 0 aliphatic heterocycles. The van der Waals surface area contributed by atoms with E-state index in [4.69, 9.17) is 11.0 Å². The van der Waals surface area contributed by atoms with Crippen LogP contribution >= 0.6 is 0 Å². The van der Waals surface area contributed by atoms with Gasteiger partial charge in [0.05, 0.1) is 23.5 Å². The van der Waals surface area contributed by atoms with Gasteiger partial charge < -0.3 is 16.0 Å². The number of anilines is 2. The molecule has 18 heavy (non-hydrogen) atoms. The number of rotatable bonds is 4. The highest BCUT2D eigenvalue weighted by Crippen LogP contribution is 2.25. The summed E-state index contributed by atoms with van der Waals surface area (Å²) in [6, 6.07) is 7.62. The number of hydrogen-bond acceptors (Lipinski definition) is 4. The van der Waals surface area contributed by atoms with Gasteiger partial charge in [0.1, 0.15) is 6.07 Å². The Balaban J connectivity index is 2.06. The Morgan fingerprint density at radius 2 is 2.33 bits per heavy atom. The summed E-state index contributed by atoms with van der Waals surface area (Å²) in [7, 11) is 1.79. The zero-order valence-electron chi connectivity index (χ0n) is 10.3. The van der Waals surface area contributed by atoms with Crippen LogP contribution < -0.4 is 16.0 Å². The molecule has 0 saturated heterocycles. The van der Waals surface area contributed by atoms with Crippen molar-refractivity contribution in [3.05, 3.63) is 23.8 Å². The molecule has 1 amide bonds. The van der Waals surface area contributed by atoms with Crippen LogP contribution in [0.4, 0.5) is 11.4 Å². The van der Waals surface area contributed by atoms with E-state index in [1.165, 1.54) is 0 Å². The van der Waals surface area contributed by atoms with Crippen LogP contribution in [-0.4, -0.2) is 25.5 Å². The number of nitrogens with zero attached hydrogens (tertiary/aromatic N) is 2. The van der Waals surface area contributed by atoms with Crippen LogP contribution in [0.1, 0.15) is 18.4 Å². The highest BCUT2D eigenvalue weighted by Gasteiger charge is 2.23. The van der Waals surface area contributed by atoms with Crippen LogP contribution in [0.2, 0.25) is 0 Å². The number of carbonyl (C=O) groups excluding carboxylic acids is 1. The van der Waals surface area contributed by atoms with Crippen LogP contribution in [-0.2, 0) is 4.79 Å². The number of benzene rings is 1. The Kier molecular flexibility index (Phi) is 3.38. The highest BCUT2D eigenvalue weighted by molar-refractivity contribution is 5.84. The summed E-state index contributed by atoms with van der Waals surface area (Å²) < 4.78 is 0. The molecule has 0 unspecified atom stereocenters. The molecule has 0 radical (unpaired) electrons. The third-order valence-corrected chi connectivity index (χ3v) is 2.94. The molecule has 0 heterocycles. The SMILES string of the molecule is CN(CC(=O)NC1CC1)c1cccc(C#N)c1N. The van der Waals surface area contributed by atoms with Gasteiger partial charge in [0.2, 0.25) is 5.91 Å². The zero-order chi connectivity index (χ0) is 13.1. The van der Waals surface area contributed by atoms with E-state index in [1.54, 1.807) is 30.1 Å². The van der Waals surface area contributed by atoms with Gasteiger partial charge in [-0.15, -0.1) is 0 Å². The second-order valence-corrected chi connectivity index (χ2v) is 4.55. The van der Waals surface area contributed by atoms with E-state index < -0.39 is 0 Å². The average Bonchev–Trinajstić information content (AvgIpc) is 3.12. The molecule has 0 aromatic heterocycles. The van der Waals surface area contributed by atoms with Crippen molar-refractivity contribution < 1.29 is 4.79 Å². The van der Waals surface area contributed by atoms with Crippen LogP contribution in [0.3, 0.4) is 0 Å². The maximum absolute atomic E-state index is 11.7. The summed E-state index contributed by atoms with van der Waals surface area (Å²) in [5, 5.41) is 11.8. The van der Waals surface area contributed by atoms with Crippen molar-refractivity contribution in [3.8, 4) is 6.07 Å². The molecule has 3 N–H and O–H groups in total. The zero-order valence-corrected chi connectivity index (χ0v) is 10.3. The van der Waals surface area contributed by atoms with Gasteiger partial charge >= 0.3 is 0 Å². The van der Waals surface area contributed by atoms with Crippen molar-refractivity contribution >= 4 is 17.3 Å². The Hall–Kier alpha value is -2.22. The summed E-state index contributed by atoms with van der Waals surface area (Å²) in [6.45, 7) is 0.246. The van der Waals surface area contributed by atoms with Gasteiger partial charge in [-0.25, -0.2) is 0 Å². The maximum Gasteiger partial charge on any atom is 0.239 e. The third kappa shape index (κ3) is 2.72. The maximum atomic E-state index is 11.7. The molecule has 2 rings (SSSR count). The van der Waals surface area contributed by atoms with Gasteiger partial charge in [-0.3, -0.25) is 4.79 Å². The standard InChI is InChI=1S/C13H16N4O/c1-17(8-12(18)16-10-5-6-10)11-4-2-3-9(7-14)13(11)15/h2-4,10H,5-6,8,15H2,1H3,(H,16,18). The first-order valence-electron chi connectivity index (χ1n) is 5.91. The number of nitrogens with two attached hydrogens (primary N) is 1. The molecule has 94 valence electrons. The van der Waals surface area contributed by atoms with Crippen molar-refractivity contribution in [2.45, 2.75) is 18.9 Å². The quantitative estimate of drug-likeness (QED) is 0.769. The van der Waals surface area contributed by atoms with E-state index in [9.17, 15) is 4.79 Å². The minimum Gasteiger partial charge on any atom is -0.396 e. The fraction of sp³-hybridized carbons (Fsp3) is 0.385. The summed E-state index contributed by atoms with van der Waals surface area (Å²) in [4.78, 5) is 13.4. The minimum absolute atomic E-state index is 0.0123. The van der Waals surface area contributed by atoms with Crippen LogP contribution in [0.25, 0.3) is 0 Å². The van der Waals surface area contributed by atoms with Crippen LogP contribution in [0.15, 0.2) is 18.2 Å². The summed E-state index contributed by atoms with van der Waals surface area (Å²) in [6.07, 6.45) is 2.14. The first kappa shape index (κ1) is 12.2. The van der Waals surface area contributed by atoms with Gasteiger partial charge in [0.15, 0.2) is 0 Å². The number of para-hydroxylation sites is 1. The van der Waals surface area contributed by atoms with Crippen LogP contribution in [0.5, 0.6) is 0 Å². The van der Waals surface area contributed by atoms with Crippen molar-refractivity contribution in [2.24, 2.45) is 0 Å². The molecule has 1 aliphatic rings. The van der Waals surface area contributed by atoms with E-state index in [-0.39, 0.29) is 12.5 Å². The Bertz CT molecular complexity index is 502. The predicted molar refractivity (Wildman–Crippen MR) is 70.0 cm³/mol.